The Bertz CT molecular complexity index is 750. The minimum atomic E-state index is -0.139. The molecule has 2 aromatic carbocycles. The first-order valence-electron chi connectivity index (χ1n) is 9.69. The van der Waals surface area contributed by atoms with E-state index in [1.54, 1.807) is 0 Å². The summed E-state index contributed by atoms with van der Waals surface area (Å²) in [6.45, 7) is 4.90. The average molecular weight is 376 g/mol. The van der Waals surface area contributed by atoms with Crippen molar-refractivity contribution < 1.29 is 9.53 Å². The molecule has 0 heterocycles. The standard InChI is InChI=1S/C25H29NO2/c1-21(26-20-11-5-10-19-25(27)28-2)13-12-18-24(22-14-6-3-7-15-22)23-16-8-4-9-17-23/h3-4,6-9,12-18,26H,1,5,10-11,19-20H2,2H3/b13-12+. The van der Waals surface area contributed by atoms with Crippen molar-refractivity contribution in [3.05, 3.63) is 102 Å². The van der Waals surface area contributed by atoms with E-state index in [9.17, 15) is 4.79 Å². The first kappa shape index (κ1) is 21.2. The number of hydrogen-bond acceptors (Lipinski definition) is 3. The molecular formula is C25H29NO2. The zero-order chi connectivity index (χ0) is 20.0. The highest BCUT2D eigenvalue weighted by molar-refractivity contribution is 5.80. The molecule has 3 heteroatoms. The third kappa shape index (κ3) is 7.67. The summed E-state index contributed by atoms with van der Waals surface area (Å²) in [5.41, 5.74) is 4.42. The lowest BCUT2D eigenvalue weighted by Crippen LogP contribution is -2.12. The monoisotopic (exact) mass is 375 g/mol. The summed E-state index contributed by atoms with van der Waals surface area (Å²) in [5, 5.41) is 3.31. The Morgan fingerprint density at radius 2 is 1.57 bits per heavy atom. The van der Waals surface area contributed by atoms with Crippen molar-refractivity contribution in [1.29, 1.82) is 0 Å². The SMILES string of the molecule is C=C(/C=C/C=C(c1ccccc1)c1ccccc1)NCCCCCC(=O)OC. The molecule has 3 nitrogen and oxygen atoms in total. The number of carbonyl (C=O) groups is 1. The second-order valence-corrected chi connectivity index (χ2v) is 6.51. The predicted octanol–water partition coefficient (Wildman–Crippen LogP) is 5.51. The molecule has 0 spiro atoms. The molecule has 2 aromatic rings. The number of esters is 1. The maximum absolute atomic E-state index is 11.1. The van der Waals surface area contributed by atoms with Gasteiger partial charge in [-0.25, -0.2) is 0 Å². The molecule has 0 fully saturated rings. The molecule has 0 unspecified atom stereocenters. The van der Waals surface area contributed by atoms with Crippen LogP contribution in [0.3, 0.4) is 0 Å². The molecule has 0 bridgehead atoms. The summed E-state index contributed by atoms with van der Waals surface area (Å²) < 4.78 is 4.64. The fourth-order valence-electron chi connectivity index (χ4n) is 2.84. The zero-order valence-corrected chi connectivity index (χ0v) is 16.6. The van der Waals surface area contributed by atoms with Gasteiger partial charge in [-0.3, -0.25) is 4.79 Å². The molecule has 0 radical (unpaired) electrons. The third-order valence-electron chi connectivity index (χ3n) is 4.37. The summed E-state index contributed by atoms with van der Waals surface area (Å²) in [5.74, 6) is -0.139. The molecule has 146 valence electrons. The van der Waals surface area contributed by atoms with Gasteiger partial charge < -0.3 is 10.1 Å². The summed E-state index contributed by atoms with van der Waals surface area (Å²) >= 11 is 0. The summed E-state index contributed by atoms with van der Waals surface area (Å²) in [6.07, 6.45) is 9.47. The lowest BCUT2D eigenvalue weighted by molar-refractivity contribution is -0.140. The number of hydrogen-bond donors (Lipinski definition) is 1. The number of methoxy groups -OCH3 is 1. The number of carbonyl (C=O) groups excluding carboxylic acids is 1. The van der Waals surface area contributed by atoms with Crippen LogP contribution in [0.15, 0.2) is 91.2 Å². The summed E-state index contributed by atoms with van der Waals surface area (Å²) in [6, 6.07) is 20.7. The Morgan fingerprint density at radius 1 is 0.964 bits per heavy atom. The highest BCUT2D eigenvalue weighted by atomic mass is 16.5. The molecule has 28 heavy (non-hydrogen) atoms. The topological polar surface area (TPSA) is 38.3 Å². The van der Waals surface area contributed by atoms with E-state index in [-0.39, 0.29) is 5.97 Å². The van der Waals surface area contributed by atoms with Crippen LogP contribution in [0.5, 0.6) is 0 Å². The third-order valence-corrected chi connectivity index (χ3v) is 4.37. The number of allylic oxidation sites excluding steroid dienone is 3. The molecule has 0 saturated carbocycles. The Balaban J connectivity index is 1.87. The van der Waals surface area contributed by atoms with E-state index in [1.165, 1.54) is 23.8 Å². The Kier molecular flexibility index (Phi) is 9.36. The van der Waals surface area contributed by atoms with E-state index in [1.807, 2.05) is 24.3 Å². The van der Waals surface area contributed by atoms with Crippen molar-refractivity contribution in [3.8, 4) is 0 Å². The predicted molar refractivity (Wildman–Crippen MR) is 117 cm³/mol. The van der Waals surface area contributed by atoms with E-state index in [0.29, 0.717) is 6.42 Å². The van der Waals surface area contributed by atoms with Crippen molar-refractivity contribution >= 4 is 11.5 Å². The lowest BCUT2D eigenvalue weighted by atomic mass is 9.97. The van der Waals surface area contributed by atoms with Crippen LogP contribution in [0.2, 0.25) is 0 Å². The number of ether oxygens (including phenoxy) is 1. The van der Waals surface area contributed by atoms with Crippen LogP contribution in [-0.2, 0) is 9.53 Å². The molecule has 0 aliphatic heterocycles. The Morgan fingerprint density at radius 3 is 2.14 bits per heavy atom. The molecule has 0 amide bonds. The van der Waals surface area contributed by atoms with Gasteiger partial charge in [-0.15, -0.1) is 0 Å². The van der Waals surface area contributed by atoms with E-state index in [0.717, 1.165) is 31.5 Å². The van der Waals surface area contributed by atoms with Crippen molar-refractivity contribution in [3.63, 3.8) is 0 Å². The first-order chi connectivity index (χ1) is 13.7. The maximum atomic E-state index is 11.1. The van der Waals surface area contributed by atoms with Crippen LogP contribution < -0.4 is 5.32 Å². The van der Waals surface area contributed by atoms with Crippen LogP contribution in [0.4, 0.5) is 0 Å². The van der Waals surface area contributed by atoms with Crippen molar-refractivity contribution in [2.45, 2.75) is 25.7 Å². The second-order valence-electron chi connectivity index (χ2n) is 6.51. The van der Waals surface area contributed by atoms with Gasteiger partial charge in [-0.05, 0) is 35.6 Å². The molecule has 0 atom stereocenters. The van der Waals surface area contributed by atoms with Gasteiger partial charge in [0, 0.05) is 18.7 Å². The van der Waals surface area contributed by atoms with Gasteiger partial charge in [0.15, 0.2) is 0 Å². The largest absolute Gasteiger partial charge is 0.469 e. The van der Waals surface area contributed by atoms with Crippen molar-refractivity contribution in [2.75, 3.05) is 13.7 Å². The van der Waals surface area contributed by atoms with Gasteiger partial charge in [-0.1, -0.05) is 85.8 Å². The summed E-state index contributed by atoms with van der Waals surface area (Å²) in [7, 11) is 1.43. The number of benzene rings is 2. The van der Waals surface area contributed by atoms with Crippen LogP contribution >= 0.6 is 0 Å². The van der Waals surface area contributed by atoms with Gasteiger partial charge in [-0.2, -0.15) is 0 Å². The Labute approximate surface area is 168 Å². The minimum Gasteiger partial charge on any atom is -0.469 e. The fraction of sp³-hybridized carbons (Fsp3) is 0.240. The van der Waals surface area contributed by atoms with Crippen molar-refractivity contribution in [1.82, 2.24) is 5.32 Å². The van der Waals surface area contributed by atoms with Gasteiger partial charge in [0.1, 0.15) is 0 Å². The zero-order valence-electron chi connectivity index (χ0n) is 16.6. The first-order valence-corrected chi connectivity index (χ1v) is 9.69. The van der Waals surface area contributed by atoms with Crippen LogP contribution in [0.25, 0.3) is 5.57 Å². The van der Waals surface area contributed by atoms with Crippen LogP contribution in [-0.4, -0.2) is 19.6 Å². The highest BCUT2D eigenvalue weighted by Crippen LogP contribution is 2.23. The molecule has 0 aliphatic carbocycles. The smallest absolute Gasteiger partial charge is 0.305 e. The van der Waals surface area contributed by atoms with E-state index in [2.05, 4.69) is 71.2 Å². The van der Waals surface area contributed by atoms with E-state index >= 15 is 0 Å². The maximum Gasteiger partial charge on any atom is 0.305 e. The molecule has 1 N–H and O–H groups in total. The Hall–Kier alpha value is -3.07. The summed E-state index contributed by atoms with van der Waals surface area (Å²) in [4.78, 5) is 11.1. The lowest BCUT2D eigenvalue weighted by Gasteiger charge is -2.08. The quantitative estimate of drug-likeness (QED) is 0.320. The second kappa shape index (κ2) is 12.3. The van der Waals surface area contributed by atoms with Gasteiger partial charge in [0.25, 0.3) is 0 Å². The number of unbranched alkanes of at least 4 members (excludes halogenated alkanes) is 2. The normalized spacial score (nSPS) is 10.5. The van der Waals surface area contributed by atoms with Gasteiger partial charge in [0.2, 0.25) is 0 Å². The van der Waals surface area contributed by atoms with E-state index in [4.69, 9.17) is 0 Å². The van der Waals surface area contributed by atoms with Crippen molar-refractivity contribution in [2.24, 2.45) is 0 Å². The average Bonchev–Trinajstić information content (AvgIpc) is 2.74. The minimum absolute atomic E-state index is 0.139. The molecule has 0 aliphatic rings. The number of rotatable bonds is 11. The van der Waals surface area contributed by atoms with E-state index < -0.39 is 0 Å². The number of nitrogens with one attached hydrogen (secondary N) is 1. The van der Waals surface area contributed by atoms with Crippen LogP contribution in [0, 0.1) is 0 Å². The molecular weight excluding hydrogens is 346 g/mol. The van der Waals surface area contributed by atoms with Crippen LogP contribution in [0.1, 0.15) is 36.8 Å². The fourth-order valence-corrected chi connectivity index (χ4v) is 2.84. The molecule has 0 saturated heterocycles. The molecule has 0 aromatic heterocycles. The molecule has 2 rings (SSSR count). The highest BCUT2D eigenvalue weighted by Gasteiger charge is 2.02. The van der Waals surface area contributed by atoms with Gasteiger partial charge in [0.05, 0.1) is 7.11 Å². The van der Waals surface area contributed by atoms with Gasteiger partial charge >= 0.3 is 5.97 Å².